The summed E-state index contributed by atoms with van der Waals surface area (Å²) < 4.78 is 36.9. The summed E-state index contributed by atoms with van der Waals surface area (Å²) >= 11 is 0. The van der Waals surface area contributed by atoms with E-state index in [1.54, 1.807) is 0 Å². The summed E-state index contributed by atoms with van der Waals surface area (Å²) in [7, 11) is 0. The average molecular weight is 245 g/mol. The van der Waals surface area contributed by atoms with Gasteiger partial charge in [-0.05, 0) is 30.9 Å². The van der Waals surface area contributed by atoms with Gasteiger partial charge in [0, 0.05) is 18.8 Å². The normalized spacial score (nSPS) is 17.9. The summed E-state index contributed by atoms with van der Waals surface area (Å²) in [6.45, 7) is 0.466. The summed E-state index contributed by atoms with van der Waals surface area (Å²) in [5, 5.41) is 3.07. The molecule has 1 aromatic rings. The van der Waals surface area contributed by atoms with E-state index < -0.39 is 11.7 Å². The van der Waals surface area contributed by atoms with Crippen molar-refractivity contribution in [1.29, 1.82) is 0 Å². The van der Waals surface area contributed by atoms with E-state index in [-0.39, 0.29) is 6.04 Å². The molecular formula is C11H14F3N3. The SMILES string of the molecule is NCC(Nc1ccc(C(F)(F)F)cn1)C1CC1. The van der Waals surface area contributed by atoms with E-state index in [1.807, 2.05) is 0 Å². The summed E-state index contributed by atoms with van der Waals surface area (Å²) in [5.41, 5.74) is 4.85. The molecule has 3 nitrogen and oxygen atoms in total. The lowest BCUT2D eigenvalue weighted by atomic mass is 10.2. The van der Waals surface area contributed by atoms with Crippen LogP contribution in [0.25, 0.3) is 0 Å². The zero-order valence-corrected chi connectivity index (χ0v) is 9.17. The van der Waals surface area contributed by atoms with Crippen molar-refractivity contribution in [2.24, 2.45) is 11.7 Å². The molecule has 0 saturated heterocycles. The highest BCUT2D eigenvalue weighted by molar-refractivity contribution is 5.37. The zero-order valence-electron chi connectivity index (χ0n) is 9.17. The Hall–Kier alpha value is -1.30. The van der Waals surface area contributed by atoms with Gasteiger partial charge in [-0.15, -0.1) is 0 Å². The predicted molar refractivity (Wildman–Crippen MR) is 58.4 cm³/mol. The number of aromatic nitrogens is 1. The van der Waals surface area contributed by atoms with Crippen molar-refractivity contribution < 1.29 is 13.2 Å². The van der Waals surface area contributed by atoms with Crippen LogP contribution in [-0.4, -0.2) is 17.6 Å². The van der Waals surface area contributed by atoms with E-state index in [0.29, 0.717) is 18.3 Å². The van der Waals surface area contributed by atoms with Crippen LogP contribution in [0.3, 0.4) is 0 Å². The van der Waals surface area contributed by atoms with Crippen LogP contribution in [0.5, 0.6) is 0 Å². The molecule has 0 amide bonds. The van der Waals surface area contributed by atoms with E-state index in [1.165, 1.54) is 6.07 Å². The molecule has 1 aliphatic rings. The molecule has 1 aromatic heterocycles. The fourth-order valence-electron chi connectivity index (χ4n) is 1.70. The highest BCUT2D eigenvalue weighted by Crippen LogP contribution is 2.34. The second kappa shape index (κ2) is 4.52. The van der Waals surface area contributed by atoms with Crippen LogP contribution in [-0.2, 0) is 6.18 Å². The van der Waals surface area contributed by atoms with Crippen LogP contribution in [0.4, 0.5) is 19.0 Å². The Morgan fingerprint density at radius 3 is 2.53 bits per heavy atom. The van der Waals surface area contributed by atoms with Gasteiger partial charge in [0.15, 0.2) is 0 Å². The maximum Gasteiger partial charge on any atom is 0.417 e. The molecule has 1 fully saturated rings. The summed E-state index contributed by atoms with van der Waals surface area (Å²) in [5.74, 6) is 0.976. The minimum Gasteiger partial charge on any atom is -0.366 e. The van der Waals surface area contributed by atoms with Gasteiger partial charge in [0.05, 0.1) is 5.56 Å². The van der Waals surface area contributed by atoms with Gasteiger partial charge in [0.1, 0.15) is 5.82 Å². The standard InChI is InChI=1S/C11H14F3N3/c12-11(13,14)8-3-4-10(16-6-8)17-9(5-15)7-1-2-7/h3-4,6-7,9H,1-2,5,15H2,(H,16,17). The van der Waals surface area contributed by atoms with Gasteiger partial charge in [-0.25, -0.2) is 4.98 Å². The molecule has 17 heavy (non-hydrogen) atoms. The molecular weight excluding hydrogens is 231 g/mol. The molecule has 0 aliphatic heterocycles. The quantitative estimate of drug-likeness (QED) is 0.855. The molecule has 6 heteroatoms. The third-order valence-corrected chi connectivity index (χ3v) is 2.87. The number of rotatable bonds is 4. The molecule has 1 saturated carbocycles. The van der Waals surface area contributed by atoms with E-state index >= 15 is 0 Å². The number of anilines is 1. The Morgan fingerprint density at radius 2 is 2.12 bits per heavy atom. The number of alkyl halides is 3. The van der Waals surface area contributed by atoms with Gasteiger partial charge in [-0.1, -0.05) is 0 Å². The van der Waals surface area contributed by atoms with E-state index in [0.717, 1.165) is 25.1 Å². The first-order valence-electron chi connectivity index (χ1n) is 5.50. The third kappa shape index (κ3) is 3.09. The van der Waals surface area contributed by atoms with Crippen molar-refractivity contribution in [2.75, 3.05) is 11.9 Å². The van der Waals surface area contributed by atoms with E-state index in [2.05, 4.69) is 10.3 Å². The lowest BCUT2D eigenvalue weighted by Crippen LogP contribution is -2.31. The number of pyridine rings is 1. The number of nitrogens with one attached hydrogen (secondary N) is 1. The predicted octanol–water partition coefficient (Wildman–Crippen LogP) is 2.25. The fourth-order valence-corrected chi connectivity index (χ4v) is 1.70. The van der Waals surface area contributed by atoms with Gasteiger partial charge in [0.2, 0.25) is 0 Å². The highest BCUT2D eigenvalue weighted by Gasteiger charge is 2.32. The maximum atomic E-state index is 12.3. The minimum atomic E-state index is -4.34. The Kier molecular flexibility index (Phi) is 3.24. The monoisotopic (exact) mass is 245 g/mol. The van der Waals surface area contributed by atoms with Gasteiger partial charge >= 0.3 is 6.18 Å². The van der Waals surface area contributed by atoms with Crippen molar-refractivity contribution >= 4 is 5.82 Å². The number of halogens is 3. The van der Waals surface area contributed by atoms with Crippen molar-refractivity contribution in [3.63, 3.8) is 0 Å². The van der Waals surface area contributed by atoms with Crippen LogP contribution < -0.4 is 11.1 Å². The Bertz CT molecular complexity index is 371. The van der Waals surface area contributed by atoms with Crippen molar-refractivity contribution in [2.45, 2.75) is 25.1 Å². The Labute approximate surface area is 97.2 Å². The molecule has 0 bridgehead atoms. The van der Waals surface area contributed by atoms with Gasteiger partial charge in [-0.3, -0.25) is 0 Å². The van der Waals surface area contributed by atoms with Crippen molar-refractivity contribution in [3.05, 3.63) is 23.9 Å². The lowest BCUT2D eigenvalue weighted by Gasteiger charge is -2.16. The molecule has 1 heterocycles. The average Bonchev–Trinajstić information content (AvgIpc) is 3.09. The van der Waals surface area contributed by atoms with E-state index in [9.17, 15) is 13.2 Å². The number of nitrogens with two attached hydrogens (primary N) is 1. The molecule has 3 N–H and O–H groups in total. The van der Waals surface area contributed by atoms with Gasteiger partial charge < -0.3 is 11.1 Å². The van der Waals surface area contributed by atoms with Crippen LogP contribution >= 0.6 is 0 Å². The molecule has 0 radical (unpaired) electrons. The molecule has 0 aromatic carbocycles. The molecule has 1 unspecified atom stereocenters. The minimum absolute atomic E-state index is 0.110. The van der Waals surface area contributed by atoms with Crippen LogP contribution in [0.1, 0.15) is 18.4 Å². The fraction of sp³-hybridized carbons (Fsp3) is 0.545. The molecule has 0 spiro atoms. The van der Waals surface area contributed by atoms with E-state index in [4.69, 9.17) is 5.73 Å². The van der Waals surface area contributed by atoms with Gasteiger partial charge in [0.25, 0.3) is 0 Å². The van der Waals surface area contributed by atoms with Crippen molar-refractivity contribution in [1.82, 2.24) is 4.98 Å². The highest BCUT2D eigenvalue weighted by atomic mass is 19.4. The second-order valence-electron chi connectivity index (χ2n) is 4.25. The topological polar surface area (TPSA) is 50.9 Å². The largest absolute Gasteiger partial charge is 0.417 e. The Balaban J connectivity index is 2.02. The molecule has 94 valence electrons. The Morgan fingerprint density at radius 1 is 1.41 bits per heavy atom. The first kappa shape index (κ1) is 12.2. The first-order chi connectivity index (χ1) is 8.00. The summed E-state index contributed by atoms with van der Waals surface area (Å²) in [6, 6.07) is 2.48. The molecule has 1 atom stereocenters. The third-order valence-electron chi connectivity index (χ3n) is 2.87. The number of hydrogen-bond acceptors (Lipinski definition) is 3. The number of hydrogen-bond donors (Lipinski definition) is 2. The first-order valence-corrected chi connectivity index (χ1v) is 5.50. The maximum absolute atomic E-state index is 12.3. The molecule has 1 aliphatic carbocycles. The van der Waals surface area contributed by atoms with Crippen LogP contribution in [0.15, 0.2) is 18.3 Å². The zero-order chi connectivity index (χ0) is 12.5. The van der Waals surface area contributed by atoms with Crippen LogP contribution in [0, 0.1) is 5.92 Å². The summed E-state index contributed by atoms with van der Waals surface area (Å²) in [4.78, 5) is 3.76. The smallest absolute Gasteiger partial charge is 0.366 e. The molecule has 2 rings (SSSR count). The number of nitrogens with zero attached hydrogens (tertiary/aromatic N) is 1. The summed E-state index contributed by atoms with van der Waals surface area (Å²) in [6.07, 6.45) is -1.26. The van der Waals surface area contributed by atoms with Crippen molar-refractivity contribution in [3.8, 4) is 0 Å². The second-order valence-corrected chi connectivity index (χ2v) is 4.25. The van der Waals surface area contributed by atoms with Gasteiger partial charge in [-0.2, -0.15) is 13.2 Å². The van der Waals surface area contributed by atoms with Crippen LogP contribution in [0.2, 0.25) is 0 Å². The lowest BCUT2D eigenvalue weighted by molar-refractivity contribution is -0.137.